The molecule has 154 valence electrons. The van der Waals surface area contributed by atoms with E-state index < -0.39 is 0 Å². The average Bonchev–Trinajstić information content (AvgIpc) is 3.15. The van der Waals surface area contributed by atoms with Crippen LogP contribution in [0.3, 0.4) is 0 Å². The molecule has 0 saturated carbocycles. The van der Waals surface area contributed by atoms with Crippen molar-refractivity contribution in [2.75, 3.05) is 18.9 Å². The van der Waals surface area contributed by atoms with Gasteiger partial charge in [-0.3, -0.25) is 9.59 Å². The molecule has 0 atom stereocenters. The Hall–Kier alpha value is -3.26. The van der Waals surface area contributed by atoms with Crippen LogP contribution in [0.1, 0.15) is 35.7 Å². The van der Waals surface area contributed by atoms with Gasteiger partial charge in [0.2, 0.25) is 10.1 Å². The van der Waals surface area contributed by atoms with Crippen molar-refractivity contribution < 1.29 is 4.79 Å². The third kappa shape index (κ3) is 3.78. The predicted octanol–water partition coefficient (Wildman–Crippen LogP) is 4.23. The molecule has 0 spiro atoms. The van der Waals surface area contributed by atoms with Gasteiger partial charge in [-0.2, -0.15) is 4.52 Å². The van der Waals surface area contributed by atoms with E-state index in [0.29, 0.717) is 33.1 Å². The first kappa shape index (κ1) is 20.0. The van der Waals surface area contributed by atoms with Crippen LogP contribution in [0, 0.1) is 6.92 Å². The largest absolute Gasteiger partial charge is 0.342 e. The lowest BCUT2D eigenvalue weighted by Gasteiger charge is -2.16. The first-order valence-corrected chi connectivity index (χ1v) is 10.7. The SMILES string of the molecule is CCCCN(C)C(=O)c1ccc2c(=O)n3nc(Nc4ccccc4C)sc3nc2c1. The van der Waals surface area contributed by atoms with Crippen LogP contribution in [0.4, 0.5) is 10.8 Å². The predicted molar refractivity (Wildman–Crippen MR) is 121 cm³/mol. The Morgan fingerprint density at radius 2 is 2.03 bits per heavy atom. The Morgan fingerprint density at radius 1 is 1.23 bits per heavy atom. The number of benzene rings is 2. The van der Waals surface area contributed by atoms with Gasteiger partial charge in [-0.1, -0.05) is 42.9 Å². The maximum Gasteiger partial charge on any atom is 0.283 e. The Labute approximate surface area is 178 Å². The summed E-state index contributed by atoms with van der Waals surface area (Å²) < 4.78 is 1.31. The number of anilines is 2. The van der Waals surface area contributed by atoms with Gasteiger partial charge < -0.3 is 10.2 Å². The second-order valence-corrected chi connectivity index (χ2v) is 8.23. The molecule has 1 N–H and O–H groups in total. The minimum atomic E-state index is -0.248. The molecule has 4 aromatic rings. The highest BCUT2D eigenvalue weighted by Gasteiger charge is 2.16. The zero-order valence-corrected chi connectivity index (χ0v) is 18.0. The second-order valence-electron chi connectivity index (χ2n) is 7.27. The molecule has 1 amide bonds. The molecule has 0 radical (unpaired) electrons. The molecular formula is C22H23N5O2S. The lowest BCUT2D eigenvalue weighted by Crippen LogP contribution is -2.27. The van der Waals surface area contributed by atoms with Crippen LogP contribution in [-0.4, -0.2) is 39.0 Å². The summed E-state index contributed by atoms with van der Waals surface area (Å²) in [5, 5.41) is 8.67. The fourth-order valence-corrected chi connectivity index (χ4v) is 4.05. The summed E-state index contributed by atoms with van der Waals surface area (Å²) in [7, 11) is 1.79. The number of fused-ring (bicyclic) bond motifs is 2. The molecule has 8 heteroatoms. The van der Waals surface area contributed by atoms with E-state index in [1.165, 1.54) is 15.9 Å². The summed E-state index contributed by atoms with van der Waals surface area (Å²) in [6.45, 7) is 4.80. The van der Waals surface area contributed by atoms with E-state index in [9.17, 15) is 9.59 Å². The molecule has 2 aromatic heterocycles. The van der Waals surface area contributed by atoms with Crippen LogP contribution in [0.2, 0.25) is 0 Å². The molecule has 7 nitrogen and oxygen atoms in total. The number of nitrogens with one attached hydrogen (secondary N) is 1. The standard InChI is InChI=1S/C22H23N5O2S/c1-4-5-12-26(3)19(28)15-10-11-16-18(13-15)24-22-27(20(16)29)25-21(30-22)23-17-9-7-6-8-14(17)2/h6-11,13H,4-5,12H2,1-3H3,(H,23,25). The van der Waals surface area contributed by atoms with Crippen molar-refractivity contribution in [2.24, 2.45) is 0 Å². The molecule has 0 bridgehead atoms. The third-order valence-electron chi connectivity index (χ3n) is 5.02. The highest BCUT2D eigenvalue weighted by atomic mass is 32.1. The summed E-state index contributed by atoms with van der Waals surface area (Å²) in [4.78, 5) is 32.4. The summed E-state index contributed by atoms with van der Waals surface area (Å²) in [6.07, 6.45) is 1.98. The van der Waals surface area contributed by atoms with Crippen molar-refractivity contribution in [1.29, 1.82) is 0 Å². The van der Waals surface area contributed by atoms with Gasteiger partial charge in [-0.25, -0.2) is 4.98 Å². The van der Waals surface area contributed by atoms with Crippen molar-refractivity contribution >= 4 is 43.9 Å². The summed E-state index contributed by atoms with van der Waals surface area (Å²) in [6, 6.07) is 12.9. The number of carbonyl (C=O) groups excluding carboxylic acids is 1. The van der Waals surface area contributed by atoms with Gasteiger partial charge in [0.25, 0.3) is 11.5 Å². The molecule has 0 fully saturated rings. The number of nitrogens with zero attached hydrogens (tertiary/aromatic N) is 4. The number of rotatable bonds is 6. The number of hydrogen-bond donors (Lipinski definition) is 1. The summed E-state index contributed by atoms with van der Waals surface area (Å²) in [5.41, 5.74) is 2.79. The van der Waals surface area contributed by atoms with Crippen LogP contribution < -0.4 is 10.9 Å². The fraction of sp³-hybridized carbons (Fsp3) is 0.273. The molecule has 4 rings (SSSR count). The molecule has 30 heavy (non-hydrogen) atoms. The van der Waals surface area contributed by atoms with E-state index in [1.807, 2.05) is 31.2 Å². The maximum absolute atomic E-state index is 12.9. The van der Waals surface area contributed by atoms with Gasteiger partial charge >= 0.3 is 0 Å². The Balaban J connectivity index is 1.71. The zero-order chi connectivity index (χ0) is 21.3. The number of carbonyl (C=O) groups is 1. The fourth-order valence-electron chi connectivity index (χ4n) is 3.24. The van der Waals surface area contributed by atoms with Crippen molar-refractivity contribution in [2.45, 2.75) is 26.7 Å². The minimum absolute atomic E-state index is 0.0708. The highest BCUT2D eigenvalue weighted by molar-refractivity contribution is 7.20. The molecule has 2 heterocycles. The van der Waals surface area contributed by atoms with Gasteiger partial charge in [0.1, 0.15) is 0 Å². The average molecular weight is 422 g/mol. The van der Waals surface area contributed by atoms with Crippen molar-refractivity contribution in [3.05, 3.63) is 63.9 Å². The first-order valence-electron chi connectivity index (χ1n) is 9.89. The quantitative estimate of drug-likeness (QED) is 0.504. The number of hydrogen-bond acceptors (Lipinski definition) is 6. The van der Waals surface area contributed by atoms with Crippen LogP contribution >= 0.6 is 11.3 Å². The minimum Gasteiger partial charge on any atom is -0.342 e. The Kier molecular flexibility index (Phi) is 5.50. The Bertz CT molecular complexity index is 1290. The summed E-state index contributed by atoms with van der Waals surface area (Å²) >= 11 is 1.30. The molecule has 0 unspecified atom stereocenters. The van der Waals surface area contributed by atoms with Gasteiger partial charge in [0.15, 0.2) is 0 Å². The smallest absolute Gasteiger partial charge is 0.283 e. The number of aromatic nitrogens is 3. The number of amides is 1. The van der Waals surface area contributed by atoms with Crippen LogP contribution in [0.5, 0.6) is 0 Å². The van der Waals surface area contributed by atoms with Gasteiger partial charge in [-0.15, -0.1) is 5.10 Å². The highest BCUT2D eigenvalue weighted by Crippen LogP contribution is 2.25. The van der Waals surface area contributed by atoms with Gasteiger partial charge in [0, 0.05) is 24.8 Å². The summed E-state index contributed by atoms with van der Waals surface area (Å²) in [5.74, 6) is -0.0708. The van der Waals surface area contributed by atoms with E-state index in [4.69, 9.17) is 0 Å². The number of unbranched alkanes of at least 4 members (excludes halogenated alkanes) is 1. The molecule has 0 aliphatic rings. The number of aryl methyl sites for hydroxylation is 1. The first-order chi connectivity index (χ1) is 14.5. The third-order valence-corrected chi connectivity index (χ3v) is 5.85. The Morgan fingerprint density at radius 3 is 2.80 bits per heavy atom. The van der Waals surface area contributed by atoms with Gasteiger partial charge in [-0.05, 0) is 43.2 Å². The molecule has 2 aromatic carbocycles. The van der Waals surface area contributed by atoms with E-state index in [0.717, 1.165) is 24.1 Å². The maximum atomic E-state index is 12.9. The molecule has 0 aliphatic carbocycles. The monoisotopic (exact) mass is 421 g/mol. The molecular weight excluding hydrogens is 398 g/mol. The van der Waals surface area contributed by atoms with E-state index >= 15 is 0 Å². The van der Waals surface area contributed by atoms with Crippen molar-refractivity contribution in [3.8, 4) is 0 Å². The normalized spacial score (nSPS) is 11.2. The van der Waals surface area contributed by atoms with Crippen molar-refractivity contribution in [3.63, 3.8) is 0 Å². The van der Waals surface area contributed by atoms with Crippen LogP contribution in [-0.2, 0) is 0 Å². The topological polar surface area (TPSA) is 79.6 Å². The van der Waals surface area contributed by atoms with Crippen LogP contribution in [0.25, 0.3) is 15.9 Å². The van der Waals surface area contributed by atoms with Crippen molar-refractivity contribution in [1.82, 2.24) is 19.5 Å². The van der Waals surface area contributed by atoms with Crippen LogP contribution in [0.15, 0.2) is 47.3 Å². The number of para-hydroxylation sites is 1. The molecule has 0 aliphatic heterocycles. The van der Waals surface area contributed by atoms with E-state index in [1.54, 1.807) is 30.1 Å². The van der Waals surface area contributed by atoms with E-state index in [2.05, 4.69) is 22.3 Å². The second kappa shape index (κ2) is 8.23. The van der Waals surface area contributed by atoms with Gasteiger partial charge in [0.05, 0.1) is 10.9 Å². The zero-order valence-electron chi connectivity index (χ0n) is 17.2. The van der Waals surface area contributed by atoms with E-state index in [-0.39, 0.29) is 11.5 Å². The lowest BCUT2D eigenvalue weighted by atomic mass is 10.1. The molecule has 0 saturated heterocycles. The lowest BCUT2D eigenvalue weighted by molar-refractivity contribution is 0.0793.